The standard InChI is InChI=1S/C9H9FN2O4/c1-3-4-16-9(15)12-7(13)6(10)5-11(2)8(12)14/h3,5H,1,4H2,2H3. The Labute approximate surface area is 89.2 Å². The van der Waals surface area contributed by atoms with Crippen LogP contribution < -0.4 is 11.2 Å². The molecular formula is C9H9FN2O4. The highest BCUT2D eigenvalue weighted by Crippen LogP contribution is 1.87. The van der Waals surface area contributed by atoms with E-state index in [1.54, 1.807) is 0 Å². The molecule has 1 rings (SSSR count). The molecule has 16 heavy (non-hydrogen) atoms. The van der Waals surface area contributed by atoms with Crippen LogP contribution in [0.4, 0.5) is 9.18 Å². The van der Waals surface area contributed by atoms with Gasteiger partial charge in [0.05, 0.1) is 0 Å². The minimum absolute atomic E-state index is 0.0822. The molecule has 0 N–H and O–H groups in total. The zero-order chi connectivity index (χ0) is 12.3. The van der Waals surface area contributed by atoms with Crippen molar-refractivity contribution in [2.45, 2.75) is 0 Å². The highest BCUT2D eigenvalue weighted by molar-refractivity contribution is 5.69. The predicted molar refractivity (Wildman–Crippen MR) is 52.8 cm³/mol. The van der Waals surface area contributed by atoms with Crippen LogP contribution in [0.5, 0.6) is 0 Å². The number of hydrogen-bond acceptors (Lipinski definition) is 4. The van der Waals surface area contributed by atoms with E-state index in [0.29, 0.717) is 6.20 Å². The number of carbonyl (C=O) groups excluding carboxylic acids is 1. The van der Waals surface area contributed by atoms with E-state index >= 15 is 0 Å². The van der Waals surface area contributed by atoms with Gasteiger partial charge in [0, 0.05) is 13.2 Å². The molecule has 0 unspecified atom stereocenters. The molecule has 0 fully saturated rings. The molecule has 0 saturated carbocycles. The van der Waals surface area contributed by atoms with Crippen LogP contribution >= 0.6 is 0 Å². The summed E-state index contributed by atoms with van der Waals surface area (Å²) in [5.74, 6) is -1.21. The smallest absolute Gasteiger partial charge is 0.425 e. The third kappa shape index (κ3) is 2.08. The summed E-state index contributed by atoms with van der Waals surface area (Å²) in [4.78, 5) is 33.8. The van der Waals surface area contributed by atoms with Crippen molar-refractivity contribution in [2.24, 2.45) is 7.05 Å². The van der Waals surface area contributed by atoms with E-state index < -0.39 is 23.2 Å². The largest absolute Gasteiger partial charge is 0.445 e. The maximum Gasteiger partial charge on any atom is 0.425 e. The van der Waals surface area contributed by atoms with Gasteiger partial charge in [-0.3, -0.25) is 4.79 Å². The lowest BCUT2D eigenvalue weighted by molar-refractivity contribution is 0.156. The van der Waals surface area contributed by atoms with Crippen LogP contribution in [-0.2, 0) is 11.8 Å². The molecule has 0 aliphatic rings. The van der Waals surface area contributed by atoms with Gasteiger partial charge in [0.2, 0.25) is 5.82 Å². The lowest BCUT2D eigenvalue weighted by atomic mass is 10.6. The molecule has 7 heteroatoms. The fourth-order valence-corrected chi connectivity index (χ4v) is 0.988. The molecule has 0 spiro atoms. The van der Waals surface area contributed by atoms with E-state index in [1.165, 1.54) is 13.1 Å². The molecule has 0 radical (unpaired) electrons. The van der Waals surface area contributed by atoms with E-state index in [4.69, 9.17) is 0 Å². The Kier molecular flexibility index (Phi) is 3.39. The number of aromatic nitrogens is 2. The van der Waals surface area contributed by atoms with Gasteiger partial charge in [-0.15, -0.1) is 0 Å². The fourth-order valence-electron chi connectivity index (χ4n) is 0.988. The molecule has 0 atom stereocenters. The lowest BCUT2D eigenvalue weighted by Gasteiger charge is -2.05. The van der Waals surface area contributed by atoms with E-state index in [2.05, 4.69) is 11.3 Å². The first kappa shape index (κ1) is 11.9. The predicted octanol–water partition coefficient (Wildman–Crippen LogP) is -0.143. The SMILES string of the molecule is C=CCOC(=O)n1c(=O)c(F)cn(C)c1=O. The molecule has 0 saturated heterocycles. The third-order valence-corrected chi connectivity index (χ3v) is 1.71. The topological polar surface area (TPSA) is 70.3 Å². The number of ether oxygens (including phenoxy) is 1. The maximum atomic E-state index is 13.0. The minimum Gasteiger partial charge on any atom is -0.445 e. The zero-order valence-electron chi connectivity index (χ0n) is 8.47. The molecule has 0 amide bonds. The number of nitrogens with zero attached hydrogens (tertiary/aromatic N) is 2. The van der Waals surface area contributed by atoms with Crippen molar-refractivity contribution in [1.82, 2.24) is 9.13 Å². The second-order valence-electron chi connectivity index (χ2n) is 2.88. The van der Waals surface area contributed by atoms with Crippen molar-refractivity contribution in [1.29, 1.82) is 0 Å². The van der Waals surface area contributed by atoms with Crippen LogP contribution in [-0.4, -0.2) is 21.8 Å². The Hall–Kier alpha value is -2.18. The number of hydrogen-bond donors (Lipinski definition) is 0. The number of aryl methyl sites for hydroxylation is 1. The minimum atomic E-state index is -1.34. The van der Waals surface area contributed by atoms with Crippen molar-refractivity contribution < 1.29 is 13.9 Å². The Morgan fingerprint density at radius 2 is 2.25 bits per heavy atom. The zero-order valence-corrected chi connectivity index (χ0v) is 8.47. The number of rotatable bonds is 2. The van der Waals surface area contributed by atoms with Crippen molar-refractivity contribution in [3.05, 3.63) is 45.5 Å². The third-order valence-electron chi connectivity index (χ3n) is 1.71. The molecule has 0 aliphatic carbocycles. The monoisotopic (exact) mass is 228 g/mol. The van der Waals surface area contributed by atoms with Crippen molar-refractivity contribution in [2.75, 3.05) is 6.61 Å². The molecule has 86 valence electrons. The summed E-state index contributed by atoms with van der Waals surface area (Å²) in [5.41, 5.74) is -2.31. The second-order valence-corrected chi connectivity index (χ2v) is 2.88. The summed E-state index contributed by atoms with van der Waals surface area (Å²) >= 11 is 0. The summed E-state index contributed by atoms with van der Waals surface area (Å²) in [5, 5.41) is 0. The number of halogens is 1. The molecule has 0 aliphatic heterocycles. The average Bonchev–Trinajstić information content (AvgIpc) is 2.24. The Morgan fingerprint density at radius 3 is 2.81 bits per heavy atom. The van der Waals surface area contributed by atoms with E-state index in [1.807, 2.05) is 0 Å². The molecule has 0 aromatic carbocycles. The van der Waals surface area contributed by atoms with Crippen molar-refractivity contribution in [3.8, 4) is 0 Å². The quantitative estimate of drug-likeness (QED) is 0.660. The Bertz CT molecular complexity index is 509. The first-order valence-corrected chi connectivity index (χ1v) is 4.25. The number of carbonyl (C=O) groups is 1. The molecule has 0 bridgehead atoms. The van der Waals surface area contributed by atoms with E-state index in [-0.39, 0.29) is 11.2 Å². The average molecular weight is 228 g/mol. The molecule has 1 heterocycles. The first-order valence-electron chi connectivity index (χ1n) is 4.25. The Morgan fingerprint density at radius 1 is 1.62 bits per heavy atom. The van der Waals surface area contributed by atoms with Gasteiger partial charge in [-0.25, -0.2) is 9.59 Å². The van der Waals surface area contributed by atoms with Gasteiger partial charge < -0.3 is 9.30 Å². The normalized spacial score (nSPS) is 9.88. The summed E-state index contributed by atoms with van der Waals surface area (Å²) < 4.78 is 18.3. The van der Waals surface area contributed by atoms with Crippen molar-refractivity contribution in [3.63, 3.8) is 0 Å². The van der Waals surface area contributed by atoms with Gasteiger partial charge in [-0.05, 0) is 0 Å². The van der Waals surface area contributed by atoms with E-state index in [9.17, 15) is 18.8 Å². The van der Waals surface area contributed by atoms with Gasteiger partial charge in [0.1, 0.15) is 6.61 Å². The highest BCUT2D eigenvalue weighted by Gasteiger charge is 2.16. The second kappa shape index (κ2) is 4.56. The lowest BCUT2D eigenvalue weighted by Crippen LogP contribution is -2.44. The summed E-state index contributed by atoms with van der Waals surface area (Å²) in [6.07, 6.45) is 0.722. The summed E-state index contributed by atoms with van der Waals surface area (Å²) in [7, 11) is 1.21. The highest BCUT2D eigenvalue weighted by atomic mass is 19.1. The molecule has 1 aromatic rings. The van der Waals surface area contributed by atoms with Crippen LogP contribution in [0, 0.1) is 5.82 Å². The first-order chi connectivity index (χ1) is 7.49. The van der Waals surface area contributed by atoms with Crippen LogP contribution in [0.25, 0.3) is 0 Å². The Balaban J connectivity index is 3.33. The van der Waals surface area contributed by atoms with Crippen LogP contribution in [0.2, 0.25) is 0 Å². The fraction of sp³-hybridized carbons (Fsp3) is 0.222. The van der Waals surface area contributed by atoms with Gasteiger partial charge in [-0.1, -0.05) is 12.7 Å². The van der Waals surface area contributed by atoms with Crippen LogP contribution in [0.1, 0.15) is 0 Å². The van der Waals surface area contributed by atoms with Gasteiger partial charge >= 0.3 is 17.3 Å². The maximum absolute atomic E-state index is 13.0. The summed E-state index contributed by atoms with van der Waals surface area (Å²) in [6.45, 7) is 3.11. The molecular weight excluding hydrogens is 219 g/mol. The van der Waals surface area contributed by atoms with Crippen molar-refractivity contribution >= 4 is 6.09 Å². The van der Waals surface area contributed by atoms with Gasteiger partial charge in [0.15, 0.2) is 0 Å². The van der Waals surface area contributed by atoms with Gasteiger partial charge in [0.25, 0.3) is 0 Å². The summed E-state index contributed by atoms with van der Waals surface area (Å²) in [6, 6.07) is 0. The van der Waals surface area contributed by atoms with E-state index in [0.717, 1.165) is 4.57 Å². The molecule has 1 aromatic heterocycles. The van der Waals surface area contributed by atoms with Crippen LogP contribution in [0.3, 0.4) is 0 Å². The molecule has 6 nitrogen and oxygen atoms in total. The van der Waals surface area contributed by atoms with Gasteiger partial charge in [-0.2, -0.15) is 8.96 Å². The van der Waals surface area contributed by atoms with Crippen LogP contribution in [0.15, 0.2) is 28.4 Å².